The Balaban J connectivity index is 2.99. The second-order valence-corrected chi connectivity index (χ2v) is 6.15. The molecule has 6 heteroatoms. The van der Waals surface area contributed by atoms with Gasteiger partial charge in [-0.25, -0.2) is 4.68 Å². The number of halogens is 1. The molecule has 1 heterocycles. The summed E-state index contributed by atoms with van der Waals surface area (Å²) in [5.41, 5.74) is 0.520. The van der Waals surface area contributed by atoms with Crippen molar-refractivity contribution in [3.63, 3.8) is 0 Å². The molecule has 0 bridgehead atoms. The molecule has 0 aliphatic rings. The summed E-state index contributed by atoms with van der Waals surface area (Å²) < 4.78 is 1.68. The van der Waals surface area contributed by atoms with Gasteiger partial charge < -0.3 is 10.4 Å². The minimum absolute atomic E-state index is 0.0827. The van der Waals surface area contributed by atoms with E-state index in [1.807, 2.05) is 0 Å². The van der Waals surface area contributed by atoms with Crippen LogP contribution in [0.2, 0.25) is 0 Å². The lowest BCUT2D eigenvalue weighted by Gasteiger charge is -2.29. The van der Waals surface area contributed by atoms with Gasteiger partial charge in [-0.3, -0.25) is 4.79 Å². The van der Waals surface area contributed by atoms with Crippen molar-refractivity contribution in [1.29, 1.82) is 0 Å². The highest BCUT2D eigenvalue weighted by Gasteiger charge is 2.21. The molecule has 18 heavy (non-hydrogen) atoms. The van der Waals surface area contributed by atoms with Crippen LogP contribution in [-0.2, 0) is 6.54 Å². The summed E-state index contributed by atoms with van der Waals surface area (Å²) in [4.78, 5) is 11.9. The van der Waals surface area contributed by atoms with Crippen molar-refractivity contribution in [1.82, 2.24) is 9.78 Å². The standard InChI is InChI=1S/C12H20BrN3O2/c1-8(12(2,3)4)15-9-7-14-16(5-6-17)11(18)10(9)13/h7-8,15,17H,5-6H2,1-4H3. The van der Waals surface area contributed by atoms with Crippen molar-refractivity contribution >= 4 is 21.6 Å². The maximum atomic E-state index is 11.9. The first kappa shape index (κ1) is 15.2. The maximum Gasteiger partial charge on any atom is 0.283 e. The molecule has 0 aliphatic heterocycles. The topological polar surface area (TPSA) is 67.2 Å². The third-order valence-corrected chi connectivity index (χ3v) is 3.73. The first-order valence-corrected chi connectivity index (χ1v) is 6.69. The molecular weight excluding hydrogens is 298 g/mol. The first-order valence-electron chi connectivity index (χ1n) is 5.90. The molecule has 1 aromatic rings. The zero-order valence-electron chi connectivity index (χ0n) is 11.2. The highest BCUT2D eigenvalue weighted by Crippen LogP contribution is 2.25. The van der Waals surface area contributed by atoms with Crippen LogP contribution in [0.1, 0.15) is 27.7 Å². The lowest BCUT2D eigenvalue weighted by atomic mass is 9.88. The monoisotopic (exact) mass is 317 g/mol. The molecule has 0 saturated heterocycles. The van der Waals surface area contributed by atoms with E-state index in [9.17, 15) is 4.79 Å². The van der Waals surface area contributed by atoms with Crippen molar-refractivity contribution < 1.29 is 5.11 Å². The summed E-state index contributed by atoms with van der Waals surface area (Å²) in [5, 5.41) is 16.1. The van der Waals surface area contributed by atoms with E-state index in [1.54, 1.807) is 6.20 Å². The molecule has 0 aliphatic carbocycles. The largest absolute Gasteiger partial charge is 0.394 e. The molecule has 0 amide bonds. The summed E-state index contributed by atoms with van der Waals surface area (Å²) >= 11 is 3.28. The van der Waals surface area contributed by atoms with E-state index in [4.69, 9.17) is 5.11 Å². The Morgan fingerprint density at radius 3 is 2.67 bits per heavy atom. The molecule has 2 N–H and O–H groups in total. The van der Waals surface area contributed by atoms with Crippen molar-refractivity contribution in [3.05, 3.63) is 21.0 Å². The van der Waals surface area contributed by atoms with Crippen molar-refractivity contribution in [2.75, 3.05) is 11.9 Å². The van der Waals surface area contributed by atoms with Crippen LogP contribution in [0.25, 0.3) is 0 Å². The van der Waals surface area contributed by atoms with Crippen LogP contribution < -0.4 is 10.9 Å². The van der Waals surface area contributed by atoms with E-state index in [1.165, 1.54) is 4.68 Å². The number of rotatable bonds is 4. The predicted octanol–water partition coefficient (Wildman–Crippen LogP) is 1.84. The van der Waals surface area contributed by atoms with Gasteiger partial charge in [-0.2, -0.15) is 5.10 Å². The van der Waals surface area contributed by atoms with E-state index in [-0.39, 0.29) is 30.2 Å². The molecule has 102 valence electrons. The van der Waals surface area contributed by atoms with Crippen LogP contribution in [0, 0.1) is 5.41 Å². The van der Waals surface area contributed by atoms with Gasteiger partial charge in [0, 0.05) is 6.04 Å². The number of aliphatic hydroxyl groups is 1. The van der Waals surface area contributed by atoms with Crippen molar-refractivity contribution in [2.45, 2.75) is 40.3 Å². The lowest BCUT2D eigenvalue weighted by molar-refractivity contribution is 0.266. The highest BCUT2D eigenvalue weighted by atomic mass is 79.9. The molecule has 0 fully saturated rings. The van der Waals surface area contributed by atoms with Crippen molar-refractivity contribution in [3.8, 4) is 0 Å². The van der Waals surface area contributed by atoms with Gasteiger partial charge in [0.1, 0.15) is 4.47 Å². The Hall–Kier alpha value is -0.880. The normalized spacial score (nSPS) is 13.4. The number of nitrogens with zero attached hydrogens (tertiary/aromatic N) is 2. The third kappa shape index (κ3) is 3.55. The third-order valence-electron chi connectivity index (χ3n) is 2.97. The Kier molecular flexibility index (Phi) is 4.92. The quantitative estimate of drug-likeness (QED) is 0.889. The minimum atomic E-state index is -0.241. The van der Waals surface area contributed by atoms with Crippen molar-refractivity contribution in [2.24, 2.45) is 5.41 Å². The van der Waals surface area contributed by atoms with Crippen LogP contribution in [0.4, 0.5) is 5.69 Å². The summed E-state index contributed by atoms with van der Waals surface area (Å²) in [6.45, 7) is 8.53. The summed E-state index contributed by atoms with van der Waals surface area (Å²) in [7, 11) is 0. The molecule has 5 nitrogen and oxygen atoms in total. The zero-order valence-corrected chi connectivity index (χ0v) is 12.8. The van der Waals surface area contributed by atoms with Crippen LogP contribution in [0.5, 0.6) is 0 Å². The Morgan fingerprint density at radius 1 is 1.56 bits per heavy atom. The number of nitrogens with one attached hydrogen (secondary N) is 1. The number of anilines is 1. The SMILES string of the molecule is CC(Nc1cnn(CCO)c(=O)c1Br)C(C)(C)C. The second-order valence-electron chi connectivity index (χ2n) is 5.36. The van der Waals surface area contributed by atoms with Gasteiger partial charge in [0.25, 0.3) is 5.56 Å². The lowest BCUT2D eigenvalue weighted by Crippen LogP contribution is -2.33. The minimum Gasteiger partial charge on any atom is -0.394 e. The molecule has 0 saturated carbocycles. The summed E-state index contributed by atoms with van der Waals surface area (Å²) in [6.07, 6.45) is 1.60. The fourth-order valence-electron chi connectivity index (χ4n) is 1.27. The van der Waals surface area contributed by atoms with Crippen LogP contribution in [0.3, 0.4) is 0 Å². The molecule has 0 radical (unpaired) electrons. The number of hydrogen-bond donors (Lipinski definition) is 2. The van der Waals surface area contributed by atoms with Gasteiger partial charge in [-0.1, -0.05) is 20.8 Å². The van der Waals surface area contributed by atoms with Crippen LogP contribution >= 0.6 is 15.9 Å². The van der Waals surface area contributed by atoms with E-state index >= 15 is 0 Å². The average molecular weight is 318 g/mol. The number of aromatic nitrogens is 2. The van der Waals surface area contributed by atoms with Gasteiger partial charge in [0.2, 0.25) is 0 Å². The Bertz CT molecular complexity index is 465. The maximum absolute atomic E-state index is 11.9. The Morgan fingerprint density at radius 2 is 2.17 bits per heavy atom. The molecule has 1 atom stereocenters. The van der Waals surface area contributed by atoms with E-state index in [2.05, 4.69) is 54.0 Å². The molecule has 0 spiro atoms. The summed E-state index contributed by atoms with van der Waals surface area (Å²) in [5.74, 6) is 0. The average Bonchev–Trinajstić information content (AvgIpc) is 2.27. The van der Waals surface area contributed by atoms with Gasteiger partial charge in [0.15, 0.2) is 0 Å². The van der Waals surface area contributed by atoms with E-state index in [0.717, 1.165) is 0 Å². The molecule has 0 aromatic carbocycles. The molecule has 1 unspecified atom stereocenters. The predicted molar refractivity (Wildman–Crippen MR) is 75.8 cm³/mol. The van der Waals surface area contributed by atoms with Gasteiger partial charge in [-0.15, -0.1) is 0 Å². The van der Waals surface area contributed by atoms with Crippen LogP contribution in [-0.4, -0.2) is 27.5 Å². The van der Waals surface area contributed by atoms with Gasteiger partial charge in [-0.05, 0) is 28.3 Å². The smallest absolute Gasteiger partial charge is 0.283 e. The number of hydrogen-bond acceptors (Lipinski definition) is 4. The van der Waals surface area contributed by atoms with Crippen LogP contribution in [0.15, 0.2) is 15.5 Å². The summed E-state index contributed by atoms with van der Waals surface area (Å²) in [6, 6.07) is 0.198. The molecule has 1 rings (SSSR count). The highest BCUT2D eigenvalue weighted by molar-refractivity contribution is 9.10. The fraction of sp³-hybridized carbons (Fsp3) is 0.667. The number of aliphatic hydroxyl groups excluding tert-OH is 1. The zero-order chi connectivity index (χ0) is 13.9. The first-order chi connectivity index (χ1) is 8.27. The van der Waals surface area contributed by atoms with E-state index < -0.39 is 0 Å². The fourth-order valence-corrected chi connectivity index (χ4v) is 1.69. The molecule has 1 aromatic heterocycles. The Labute approximate surface area is 115 Å². The van der Waals surface area contributed by atoms with E-state index in [0.29, 0.717) is 10.2 Å². The second kappa shape index (κ2) is 5.84. The van der Waals surface area contributed by atoms with Gasteiger partial charge in [0.05, 0.1) is 25.0 Å². The van der Waals surface area contributed by atoms with Gasteiger partial charge >= 0.3 is 0 Å². The molecular formula is C12H20BrN3O2.